The predicted molar refractivity (Wildman–Crippen MR) is 45.5 cm³/mol. The second-order valence-electron chi connectivity index (χ2n) is 3.90. The maximum Gasteiger partial charge on any atom is 0.146 e. The molecule has 2 rings (SSSR count). The van der Waals surface area contributed by atoms with Crippen molar-refractivity contribution in [1.82, 2.24) is 0 Å². The largest absolute Gasteiger partial charge is 0.387 e. The molecule has 4 nitrogen and oxygen atoms in total. The van der Waals surface area contributed by atoms with Crippen LogP contribution >= 0.6 is 0 Å². The topological polar surface area (TPSA) is 47.9 Å². The molecule has 5 atom stereocenters. The summed E-state index contributed by atoms with van der Waals surface area (Å²) in [5.41, 5.74) is -0.640. The fourth-order valence-corrected chi connectivity index (χ4v) is 2.35. The number of hydrogen-bond donors (Lipinski definition) is 1. The molecule has 0 spiro atoms. The van der Waals surface area contributed by atoms with Gasteiger partial charge < -0.3 is 19.3 Å². The van der Waals surface area contributed by atoms with E-state index in [4.69, 9.17) is 14.2 Å². The van der Waals surface area contributed by atoms with E-state index in [0.29, 0.717) is 6.61 Å². The molecule has 2 aliphatic rings. The average molecular weight is 188 g/mol. The van der Waals surface area contributed by atoms with Crippen LogP contribution in [0.15, 0.2) is 0 Å². The van der Waals surface area contributed by atoms with Gasteiger partial charge in [-0.2, -0.15) is 0 Å². The van der Waals surface area contributed by atoms with Gasteiger partial charge in [0.1, 0.15) is 17.8 Å². The van der Waals surface area contributed by atoms with E-state index in [2.05, 4.69) is 0 Å². The monoisotopic (exact) mass is 188 g/mol. The quantitative estimate of drug-likeness (QED) is 0.659. The van der Waals surface area contributed by atoms with E-state index < -0.39 is 11.7 Å². The molecule has 76 valence electrons. The molecule has 0 aromatic carbocycles. The third kappa shape index (κ3) is 1.06. The van der Waals surface area contributed by atoms with Crippen molar-refractivity contribution < 1.29 is 19.3 Å². The Bertz CT molecular complexity index is 208. The minimum Gasteiger partial charge on any atom is -0.387 e. The van der Waals surface area contributed by atoms with E-state index >= 15 is 0 Å². The van der Waals surface area contributed by atoms with Gasteiger partial charge in [0.05, 0.1) is 18.8 Å². The summed E-state index contributed by atoms with van der Waals surface area (Å²) in [6.45, 7) is 4.21. The van der Waals surface area contributed by atoms with Crippen LogP contribution in [0, 0.1) is 0 Å². The number of ether oxygens (including phenoxy) is 3. The Hall–Kier alpha value is -0.160. The Morgan fingerprint density at radius 1 is 1.46 bits per heavy atom. The molecule has 13 heavy (non-hydrogen) atoms. The number of rotatable bonds is 2. The molecule has 2 aliphatic heterocycles. The lowest BCUT2D eigenvalue weighted by Gasteiger charge is -2.34. The van der Waals surface area contributed by atoms with Crippen LogP contribution in [0.3, 0.4) is 0 Å². The standard InChI is InChI=1S/C9H16O4/c1-5-7-8(10)9(13-5,4-11-3)6(2)12-7/h5-8,10H,4H2,1-3H3/t5-,6-,7?,8?,9-/m0/s1. The Kier molecular flexibility index (Phi) is 2.11. The van der Waals surface area contributed by atoms with Gasteiger partial charge in [-0.25, -0.2) is 0 Å². The summed E-state index contributed by atoms with van der Waals surface area (Å²) in [4.78, 5) is 0. The van der Waals surface area contributed by atoms with Gasteiger partial charge in [0.25, 0.3) is 0 Å². The van der Waals surface area contributed by atoms with Gasteiger partial charge in [-0.05, 0) is 13.8 Å². The first-order valence-corrected chi connectivity index (χ1v) is 4.62. The van der Waals surface area contributed by atoms with Crippen LogP contribution in [0.4, 0.5) is 0 Å². The minimum atomic E-state index is -0.640. The van der Waals surface area contributed by atoms with E-state index in [1.807, 2.05) is 13.8 Å². The SMILES string of the molecule is COC[C@]12O[C@@H](C)C(O[C@H]1C)C2O. The van der Waals surface area contributed by atoms with Crippen molar-refractivity contribution in [2.24, 2.45) is 0 Å². The second kappa shape index (κ2) is 2.92. The summed E-state index contributed by atoms with van der Waals surface area (Å²) < 4.78 is 16.4. The van der Waals surface area contributed by atoms with Crippen LogP contribution in [-0.4, -0.2) is 48.8 Å². The number of methoxy groups -OCH3 is 1. The van der Waals surface area contributed by atoms with Crippen LogP contribution in [-0.2, 0) is 14.2 Å². The Labute approximate surface area is 77.8 Å². The smallest absolute Gasteiger partial charge is 0.146 e. The summed E-state index contributed by atoms with van der Waals surface area (Å²) in [5, 5.41) is 9.92. The third-order valence-corrected chi connectivity index (χ3v) is 3.10. The van der Waals surface area contributed by atoms with E-state index in [1.165, 1.54) is 0 Å². The maximum absolute atomic E-state index is 9.92. The van der Waals surface area contributed by atoms with E-state index in [0.717, 1.165) is 0 Å². The molecule has 2 unspecified atom stereocenters. The molecule has 4 heteroatoms. The molecule has 0 aromatic rings. The lowest BCUT2D eigenvalue weighted by molar-refractivity contribution is -0.193. The Morgan fingerprint density at radius 2 is 2.15 bits per heavy atom. The molecule has 0 saturated carbocycles. The zero-order valence-electron chi connectivity index (χ0n) is 8.19. The number of hydrogen-bond acceptors (Lipinski definition) is 4. The summed E-state index contributed by atoms with van der Waals surface area (Å²) >= 11 is 0. The number of fused-ring (bicyclic) bond motifs is 2. The lowest BCUT2D eigenvalue weighted by atomic mass is 9.94. The zero-order valence-corrected chi connectivity index (χ0v) is 8.19. The molecule has 2 bridgehead atoms. The Balaban J connectivity index is 2.23. The average Bonchev–Trinajstić information content (AvgIpc) is 2.42. The molecule has 2 fully saturated rings. The van der Waals surface area contributed by atoms with Gasteiger partial charge in [0.15, 0.2) is 0 Å². The van der Waals surface area contributed by atoms with Crippen molar-refractivity contribution in [1.29, 1.82) is 0 Å². The first-order valence-electron chi connectivity index (χ1n) is 4.62. The molecule has 2 heterocycles. The predicted octanol–water partition coefficient (Wildman–Crippen LogP) is -0.0615. The fourth-order valence-electron chi connectivity index (χ4n) is 2.35. The molecule has 2 saturated heterocycles. The summed E-state index contributed by atoms with van der Waals surface area (Å²) in [5.74, 6) is 0. The van der Waals surface area contributed by atoms with Crippen LogP contribution in [0.2, 0.25) is 0 Å². The number of aliphatic hydroxyl groups is 1. The van der Waals surface area contributed by atoms with Crippen molar-refractivity contribution >= 4 is 0 Å². The van der Waals surface area contributed by atoms with Crippen molar-refractivity contribution in [3.05, 3.63) is 0 Å². The maximum atomic E-state index is 9.92. The fraction of sp³-hybridized carbons (Fsp3) is 1.00. The van der Waals surface area contributed by atoms with Gasteiger partial charge >= 0.3 is 0 Å². The van der Waals surface area contributed by atoms with Crippen molar-refractivity contribution in [3.8, 4) is 0 Å². The number of aliphatic hydroxyl groups excluding tert-OH is 1. The summed E-state index contributed by atoms with van der Waals surface area (Å²) in [6.07, 6.45) is -0.882. The molecule has 1 N–H and O–H groups in total. The highest BCUT2D eigenvalue weighted by Gasteiger charge is 2.63. The first kappa shape index (κ1) is 9.40. The van der Waals surface area contributed by atoms with Crippen LogP contribution in [0.5, 0.6) is 0 Å². The highest BCUT2D eigenvalue weighted by Crippen LogP contribution is 2.44. The highest BCUT2D eigenvalue weighted by molar-refractivity contribution is 5.10. The van der Waals surface area contributed by atoms with E-state index in [-0.39, 0.29) is 18.3 Å². The Morgan fingerprint density at radius 3 is 2.62 bits per heavy atom. The molecule has 0 aliphatic carbocycles. The molecule has 0 radical (unpaired) electrons. The minimum absolute atomic E-state index is 0.0404. The van der Waals surface area contributed by atoms with Gasteiger partial charge in [0, 0.05) is 7.11 Å². The molecule has 0 amide bonds. The van der Waals surface area contributed by atoms with Crippen LogP contribution < -0.4 is 0 Å². The third-order valence-electron chi connectivity index (χ3n) is 3.10. The zero-order chi connectivity index (χ0) is 9.64. The van der Waals surface area contributed by atoms with Gasteiger partial charge in [-0.1, -0.05) is 0 Å². The van der Waals surface area contributed by atoms with Crippen LogP contribution in [0.25, 0.3) is 0 Å². The normalized spacial score (nSPS) is 54.5. The van der Waals surface area contributed by atoms with Gasteiger partial charge in [0.2, 0.25) is 0 Å². The molecular weight excluding hydrogens is 172 g/mol. The van der Waals surface area contributed by atoms with Crippen molar-refractivity contribution in [3.63, 3.8) is 0 Å². The second-order valence-corrected chi connectivity index (χ2v) is 3.90. The lowest BCUT2D eigenvalue weighted by Crippen LogP contribution is -2.50. The summed E-state index contributed by atoms with van der Waals surface area (Å²) in [7, 11) is 1.61. The molecule has 0 aromatic heterocycles. The van der Waals surface area contributed by atoms with Gasteiger partial charge in [-0.15, -0.1) is 0 Å². The van der Waals surface area contributed by atoms with Crippen molar-refractivity contribution in [2.45, 2.75) is 43.9 Å². The molecular formula is C9H16O4. The summed E-state index contributed by atoms with van der Waals surface area (Å²) in [6, 6.07) is 0. The first-order chi connectivity index (χ1) is 6.12. The van der Waals surface area contributed by atoms with Crippen LogP contribution in [0.1, 0.15) is 13.8 Å². The van der Waals surface area contributed by atoms with E-state index in [9.17, 15) is 5.11 Å². The highest BCUT2D eigenvalue weighted by atomic mass is 16.7. The van der Waals surface area contributed by atoms with Gasteiger partial charge in [-0.3, -0.25) is 0 Å². The van der Waals surface area contributed by atoms with Crippen molar-refractivity contribution in [2.75, 3.05) is 13.7 Å². The van der Waals surface area contributed by atoms with E-state index in [1.54, 1.807) is 7.11 Å².